The zero-order valence-corrected chi connectivity index (χ0v) is 18.3. The first-order chi connectivity index (χ1) is 13.7. The normalized spacial score (nSPS) is 17.7. The highest BCUT2D eigenvalue weighted by molar-refractivity contribution is 7.89. The Kier molecular flexibility index (Phi) is 6.51. The predicted octanol–water partition coefficient (Wildman–Crippen LogP) is 4.00. The van der Waals surface area contributed by atoms with Crippen LogP contribution in [0.1, 0.15) is 24.0 Å². The molecule has 1 aliphatic rings. The fourth-order valence-corrected chi connectivity index (χ4v) is 5.27. The molecule has 1 N–H and O–H groups in total. The number of amides is 1. The molecule has 0 saturated carbocycles. The van der Waals surface area contributed by atoms with Crippen LogP contribution in [0.3, 0.4) is 0 Å². The number of benzene rings is 2. The molecule has 29 heavy (non-hydrogen) atoms. The summed E-state index contributed by atoms with van der Waals surface area (Å²) < 4.78 is 32.5. The Morgan fingerprint density at radius 3 is 2.59 bits per heavy atom. The summed E-state index contributed by atoms with van der Waals surface area (Å²) in [5, 5.41) is 3.15. The predicted molar refractivity (Wildman–Crippen MR) is 114 cm³/mol. The molecule has 0 radical (unpaired) electrons. The summed E-state index contributed by atoms with van der Waals surface area (Å²) in [7, 11) is -2.28. The van der Waals surface area contributed by atoms with E-state index in [1.807, 2.05) is 32.0 Å². The molecule has 1 unspecified atom stereocenters. The van der Waals surface area contributed by atoms with Crippen molar-refractivity contribution in [3.05, 3.63) is 52.5 Å². The molecule has 6 nitrogen and oxygen atoms in total. The van der Waals surface area contributed by atoms with Crippen molar-refractivity contribution >= 4 is 33.2 Å². The molecule has 1 aliphatic heterocycles. The van der Waals surface area contributed by atoms with Gasteiger partial charge in [-0.3, -0.25) is 4.79 Å². The molecule has 2 aromatic carbocycles. The van der Waals surface area contributed by atoms with Crippen LogP contribution in [-0.2, 0) is 14.8 Å². The number of nitrogens with one attached hydrogen (secondary N) is 1. The van der Waals surface area contributed by atoms with Crippen LogP contribution in [0.4, 0.5) is 5.69 Å². The van der Waals surface area contributed by atoms with Crippen LogP contribution < -0.4 is 10.1 Å². The molecule has 2 aromatic rings. The number of methoxy groups -OCH3 is 1. The van der Waals surface area contributed by atoms with E-state index in [9.17, 15) is 13.2 Å². The third-order valence-corrected chi connectivity index (χ3v) is 7.45. The zero-order chi connectivity index (χ0) is 21.2. The molecule has 1 fully saturated rings. The molecule has 8 heteroatoms. The van der Waals surface area contributed by atoms with Gasteiger partial charge in [-0.15, -0.1) is 0 Å². The summed E-state index contributed by atoms with van der Waals surface area (Å²) >= 11 is 6.10. The molecular weight excluding hydrogens is 412 g/mol. The number of ether oxygens (including phenoxy) is 1. The Hall–Kier alpha value is -2.09. The van der Waals surface area contributed by atoms with Gasteiger partial charge in [-0.05, 0) is 68.1 Å². The van der Waals surface area contributed by atoms with Gasteiger partial charge in [0.25, 0.3) is 0 Å². The minimum atomic E-state index is -3.75. The van der Waals surface area contributed by atoms with Crippen LogP contribution in [0.5, 0.6) is 5.75 Å². The lowest BCUT2D eigenvalue weighted by atomic mass is 9.98. The third-order valence-electron chi connectivity index (χ3n) is 5.29. The minimum Gasteiger partial charge on any atom is -0.495 e. The molecule has 3 rings (SSSR count). The summed E-state index contributed by atoms with van der Waals surface area (Å²) in [6.45, 7) is 4.51. The van der Waals surface area contributed by atoms with Crippen LogP contribution >= 0.6 is 11.6 Å². The van der Waals surface area contributed by atoms with E-state index >= 15 is 0 Å². The number of sulfonamides is 1. The van der Waals surface area contributed by atoms with E-state index in [4.69, 9.17) is 16.3 Å². The zero-order valence-electron chi connectivity index (χ0n) is 16.7. The van der Waals surface area contributed by atoms with Gasteiger partial charge in [-0.2, -0.15) is 4.31 Å². The van der Waals surface area contributed by atoms with Gasteiger partial charge in [0.05, 0.1) is 22.9 Å². The number of hydrogen-bond acceptors (Lipinski definition) is 4. The van der Waals surface area contributed by atoms with Crippen molar-refractivity contribution in [2.45, 2.75) is 31.6 Å². The van der Waals surface area contributed by atoms with Crippen molar-refractivity contribution < 1.29 is 17.9 Å². The second-order valence-corrected chi connectivity index (χ2v) is 9.63. The van der Waals surface area contributed by atoms with Gasteiger partial charge in [0.2, 0.25) is 15.9 Å². The standard InChI is InChI=1S/C21H25ClN2O4S/c1-14-6-7-17(11-15(14)2)23-21(25)16-5-4-10-24(13-16)29(26,27)18-8-9-20(28-3)19(22)12-18/h6-9,11-12,16H,4-5,10,13H2,1-3H3,(H,23,25). The number of carbonyl (C=O) groups is 1. The molecule has 0 spiro atoms. The molecule has 0 aliphatic carbocycles. The summed E-state index contributed by atoms with van der Waals surface area (Å²) in [5.74, 6) is -0.162. The molecule has 1 saturated heterocycles. The molecule has 0 bridgehead atoms. The van der Waals surface area contributed by atoms with Crippen LogP contribution in [-0.4, -0.2) is 38.8 Å². The number of aryl methyl sites for hydroxylation is 2. The summed E-state index contributed by atoms with van der Waals surface area (Å²) in [5.41, 5.74) is 2.96. The monoisotopic (exact) mass is 436 g/mol. The van der Waals surface area contributed by atoms with Crippen LogP contribution in [0.15, 0.2) is 41.3 Å². The Morgan fingerprint density at radius 2 is 1.93 bits per heavy atom. The maximum absolute atomic E-state index is 13.0. The number of halogens is 1. The van der Waals surface area contributed by atoms with Crippen molar-refractivity contribution in [1.82, 2.24) is 4.31 Å². The maximum Gasteiger partial charge on any atom is 0.243 e. The fraction of sp³-hybridized carbons (Fsp3) is 0.381. The Bertz CT molecular complexity index is 1020. The maximum atomic E-state index is 13.0. The molecule has 1 amide bonds. The van der Waals surface area contributed by atoms with E-state index in [2.05, 4.69) is 5.32 Å². The topological polar surface area (TPSA) is 75.7 Å². The van der Waals surface area contributed by atoms with Gasteiger partial charge >= 0.3 is 0 Å². The minimum absolute atomic E-state index is 0.0958. The Morgan fingerprint density at radius 1 is 1.17 bits per heavy atom. The van der Waals surface area contributed by atoms with Gasteiger partial charge < -0.3 is 10.1 Å². The number of carbonyl (C=O) groups excluding carboxylic acids is 1. The van der Waals surface area contributed by atoms with Gasteiger partial charge in [-0.1, -0.05) is 17.7 Å². The van der Waals surface area contributed by atoms with Crippen molar-refractivity contribution in [2.24, 2.45) is 5.92 Å². The lowest BCUT2D eigenvalue weighted by Gasteiger charge is -2.31. The highest BCUT2D eigenvalue weighted by Gasteiger charge is 2.33. The summed E-state index contributed by atoms with van der Waals surface area (Å²) in [4.78, 5) is 12.8. The molecule has 1 atom stereocenters. The lowest BCUT2D eigenvalue weighted by Crippen LogP contribution is -2.43. The smallest absolute Gasteiger partial charge is 0.243 e. The van der Waals surface area contributed by atoms with Crippen LogP contribution in [0, 0.1) is 19.8 Å². The van der Waals surface area contributed by atoms with Gasteiger partial charge in [0, 0.05) is 18.8 Å². The first-order valence-electron chi connectivity index (χ1n) is 9.44. The van der Waals surface area contributed by atoms with Gasteiger partial charge in [0.1, 0.15) is 5.75 Å². The van der Waals surface area contributed by atoms with Crippen LogP contribution in [0.25, 0.3) is 0 Å². The fourth-order valence-electron chi connectivity index (χ4n) is 3.39. The van der Waals surface area contributed by atoms with Gasteiger partial charge in [0.15, 0.2) is 0 Å². The SMILES string of the molecule is COc1ccc(S(=O)(=O)N2CCCC(C(=O)Nc3ccc(C)c(C)c3)C2)cc1Cl. The van der Waals surface area contributed by atoms with Crippen LogP contribution in [0.2, 0.25) is 5.02 Å². The Balaban J connectivity index is 1.74. The van der Waals surface area contributed by atoms with Gasteiger partial charge in [-0.25, -0.2) is 8.42 Å². The molecular formula is C21H25ClN2O4S. The number of piperidine rings is 1. The van der Waals surface area contributed by atoms with Crippen molar-refractivity contribution in [3.63, 3.8) is 0 Å². The molecule has 156 valence electrons. The number of rotatable bonds is 5. The lowest BCUT2D eigenvalue weighted by molar-refractivity contribution is -0.120. The average molecular weight is 437 g/mol. The molecule has 1 heterocycles. The van der Waals surface area contributed by atoms with E-state index in [1.165, 1.54) is 29.6 Å². The summed E-state index contributed by atoms with van der Waals surface area (Å²) in [6, 6.07) is 10.1. The first-order valence-corrected chi connectivity index (χ1v) is 11.3. The van der Waals surface area contributed by atoms with Crippen molar-refractivity contribution in [3.8, 4) is 5.75 Å². The Labute approximate surface area is 176 Å². The first kappa shape index (κ1) is 21.6. The summed E-state index contributed by atoms with van der Waals surface area (Å²) in [6.07, 6.45) is 1.26. The van der Waals surface area contributed by atoms with Crippen molar-refractivity contribution in [2.75, 3.05) is 25.5 Å². The number of nitrogens with zero attached hydrogens (tertiary/aromatic N) is 1. The number of anilines is 1. The average Bonchev–Trinajstić information content (AvgIpc) is 2.70. The number of hydrogen-bond donors (Lipinski definition) is 1. The van der Waals surface area contributed by atoms with E-state index in [-0.39, 0.29) is 22.4 Å². The van der Waals surface area contributed by atoms with Crippen molar-refractivity contribution in [1.29, 1.82) is 0 Å². The molecule has 0 aromatic heterocycles. The van der Waals surface area contributed by atoms with E-state index in [1.54, 1.807) is 0 Å². The van der Waals surface area contributed by atoms with E-state index < -0.39 is 15.9 Å². The highest BCUT2D eigenvalue weighted by atomic mass is 35.5. The van der Waals surface area contributed by atoms with E-state index in [0.717, 1.165) is 16.8 Å². The third kappa shape index (κ3) is 4.74. The quantitative estimate of drug-likeness (QED) is 0.768. The van der Waals surface area contributed by atoms with E-state index in [0.29, 0.717) is 25.1 Å². The second kappa shape index (κ2) is 8.73. The highest BCUT2D eigenvalue weighted by Crippen LogP contribution is 2.30. The second-order valence-electron chi connectivity index (χ2n) is 7.29. The largest absolute Gasteiger partial charge is 0.495 e.